The van der Waals surface area contributed by atoms with Gasteiger partial charge in [-0.25, -0.2) is 0 Å². The zero-order valence-corrected chi connectivity index (χ0v) is 41.3. The summed E-state index contributed by atoms with van der Waals surface area (Å²) < 4.78 is 24.7. The first-order chi connectivity index (χ1) is 32.0. The molecule has 3 fully saturated rings. The van der Waals surface area contributed by atoms with Gasteiger partial charge in [0, 0.05) is 56.5 Å². The number of aliphatic hydroxyl groups excluding tert-OH is 1. The second-order valence-electron chi connectivity index (χ2n) is 19.4. The summed E-state index contributed by atoms with van der Waals surface area (Å²) in [6.07, 6.45) is 20.2. The van der Waals surface area contributed by atoms with Gasteiger partial charge in [0.15, 0.2) is 35.3 Å². The van der Waals surface area contributed by atoms with Crippen LogP contribution < -0.4 is 30.2 Å². The van der Waals surface area contributed by atoms with E-state index < -0.39 is 17.3 Å². The Morgan fingerprint density at radius 2 is 1.95 bits per heavy atom. The lowest BCUT2D eigenvalue weighted by atomic mass is 9.65. The summed E-state index contributed by atoms with van der Waals surface area (Å²) in [6, 6.07) is 9.87. The average molecular weight is 945 g/mol. The maximum atomic E-state index is 15.4. The van der Waals surface area contributed by atoms with Gasteiger partial charge in [-0.15, -0.1) is 0 Å². The summed E-state index contributed by atoms with van der Waals surface area (Å²) in [4.78, 5) is 31.9. The van der Waals surface area contributed by atoms with Gasteiger partial charge < -0.3 is 49.9 Å². The van der Waals surface area contributed by atoms with E-state index in [0.717, 1.165) is 93.8 Å². The number of methoxy groups -OCH3 is 2. The second kappa shape index (κ2) is 23.0. The van der Waals surface area contributed by atoms with Gasteiger partial charge in [-0.3, -0.25) is 9.79 Å². The standard InChI is InChI=1S/C52H72N4O8S2/c1-6-35(19-23-57)13-15-39-16-18-46(59)52(29-36-14-17-43(58)44(25-36)61-4)22-9-12-40(52)32-65-66-34-55-49(54-3)56-42-27-41(51(39)20-7-8-21-51)28-45-48(42)63-24-10-11-37-30-50(64-45,33-53-2)31-38(37)26-47(60)62-5/h14,16-18,23,25,27-28,35,37-40,47,53,58,60H,6-9,11-13,15,19-22,26,29-34H2,1-5H3,(H2,54,55,56). The number of carbonyl (C=O) groups is 2. The highest BCUT2D eigenvalue weighted by atomic mass is 33.1. The van der Waals surface area contributed by atoms with Crippen molar-refractivity contribution >= 4 is 45.3 Å². The smallest absolute Gasteiger partial charge is 0.205 e. The van der Waals surface area contributed by atoms with Crippen molar-refractivity contribution in [1.82, 2.24) is 10.6 Å². The lowest BCUT2D eigenvalue weighted by molar-refractivity contribution is -0.125. The van der Waals surface area contributed by atoms with Gasteiger partial charge in [0.25, 0.3) is 0 Å². The molecule has 3 aliphatic carbocycles. The third-order valence-electron chi connectivity index (χ3n) is 15.7. The van der Waals surface area contributed by atoms with E-state index in [4.69, 9.17) is 18.9 Å². The number of fused-ring (bicyclic) bond motifs is 8. The minimum Gasteiger partial charge on any atom is -0.504 e. The van der Waals surface area contributed by atoms with Crippen molar-refractivity contribution in [2.24, 2.45) is 40.0 Å². The first-order valence-corrected chi connectivity index (χ1v) is 26.7. The number of carbonyl (C=O) groups excluding carboxylic acids is 2. The van der Waals surface area contributed by atoms with Gasteiger partial charge in [-0.1, -0.05) is 72.3 Å². The number of aromatic hydroxyl groups is 1. The van der Waals surface area contributed by atoms with E-state index in [1.54, 1.807) is 41.8 Å². The first-order valence-electron chi connectivity index (χ1n) is 24.2. The monoisotopic (exact) mass is 944 g/mol. The number of hydrogen-bond acceptors (Lipinski definition) is 12. The van der Waals surface area contributed by atoms with Gasteiger partial charge in [0.1, 0.15) is 18.0 Å². The van der Waals surface area contributed by atoms with E-state index in [9.17, 15) is 15.0 Å². The number of aliphatic hydroxyl groups is 1. The predicted molar refractivity (Wildman–Crippen MR) is 265 cm³/mol. The minimum absolute atomic E-state index is 0.0263. The minimum atomic E-state index is -0.879. The number of ether oxygens (including phenoxy) is 4. The van der Waals surface area contributed by atoms with Crippen LogP contribution in [0.5, 0.6) is 23.0 Å². The van der Waals surface area contributed by atoms with Crippen LogP contribution in [0.2, 0.25) is 0 Å². The Morgan fingerprint density at radius 3 is 2.70 bits per heavy atom. The molecule has 1 spiro atoms. The first kappa shape index (κ1) is 50.0. The summed E-state index contributed by atoms with van der Waals surface area (Å²) in [5.41, 5.74) is 1.17. The lowest BCUT2D eigenvalue weighted by Crippen LogP contribution is -2.43. The molecule has 0 saturated heterocycles. The molecule has 360 valence electrons. The van der Waals surface area contributed by atoms with Gasteiger partial charge >= 0.3 is 0 Å². The number of likely N-dealkylation sites (N-methyl/N-ethyl adjacent to an activating group) is 1. The fourth-order valence-electron chi connectivity index (χ4n) is 12.1. The third-order valence-corrected chi connectivity index (χ3v) is 17.9. The zero-order chi connectivity index (χ0) is 46.7. The normalized spacial score (nSPS) is 28.9. The molecule has 12 nitrogen and oxygen atoms in total. The maximum Gasteiger partial charge on any atom is 0.205 e. The second-order valence-corrected chi connectivity index (χ2v) is 21.9. The van der Waals surface area contributed by atoms with Crippen LogP contribution in [0.1, 0.15) is 114 Å². The average Bonchev–Trinajstić information content (AvgIpc) is 4.06. The molecule has 3 saturated carbocycles. The Balaban J connectivity index is 1.38. The molecule has 4 bridgehead atoms. The Bertz CT molecular complexity index is 2120. The van der Waals surface area contributed by atoms with Crippen molar-refractivity contribution in [2.45, 2.75) is 127 Å². The van der Waals surface area contributed by atoms with Crippen LogP contribution in [0.25, 0.3) is 0 Å². The molecule has 5 N–H and O–H groups in total. The molecule has 66 heavy (non-hydrogen) atoms. The molecule has 2 heterocycles. The number of phenols is 1. The Kier molecular flexibility index (Phi) is 17.4. The highest BCUT2D eigenvalue weighted by Crippen LogP contribution is 2.55. The summed E-state index contributed by atoms with van der Waals surface area (Å²) in [6.45, 7) is 2.75. The van der Waals surface area contributed by atoms with Gasteiger partial charge in [-0.2, -0.15) is 0 Å². The van der Waals surface area contributed by atoms with Crippen LogP contribution in [-0.2, 0) is 26.2 Å². The van der Waals surface area contributed by atoms with E-state index in [1.165, 1.54) is 7.11 Å². The largest absolute Gasteiger partial charge is 0.504 e. The quantitative estimate of drug-likeness (QED) is 0.0529. The van der Waals surface area contributed by atoms with Gasteiger partial charge in [0.2, 0.25) is 5.75 Å². The third kappa shape index (κ3) is 11.2. The number of phenolic OH excluding ortho intramolecular Hbond substituents is 1. The number of hydrogen-bond donors (Lipinski definition) is 5. The number of anilines is 1. The molecule has 0 amide bonds. The number of rotatable bonds is 14. The summed E-state index contributed by atoms with van der Waals surface area (Å²) >= 11 is 0. The van der Waals surface area contributed by atoms with Crippen LogP contribution in [0, 0.1) is 47.0 Å². The molecule has 14 heteroatoms. The number of aldehydes is 1. The Labute approximate surface area is 400 Å². The molecule has 7 rings (SSSR count). The van der Waals surface area contributed by atoms with Gasteiger partial charge in [0.05, 0.1) is 18.7 Å². The summed E-state index contributed by atoms with van der Waals surface area (Å²) in [5, 5.41) is 31.8. The lowest BCUT2D eigenvalue weighted by Gasteiger charge is -2.39. The number of guanidine groups is 1. The predicted octanol–water partition coefficient (Wildman–Crippen LogP) is 9.18. The van der Waals surface area contributed by atoms with E-state index in [1.807, 2.05) is 25.3 Å². The molecule has 0 radical (unpaired) electrons. The highest BCUT2D eigenvalue weighted by Gasteiger charge is 2.50. The molecular formula is C52H72N4O8S2. The highest BCUT2D eigenvalue weighted by molar-refractivity contribution is 8.76. The fraction of sp³-hybridized carbons (Fsp3) is 0.635. The van der Waals surface area contributed by atoms with Crippen molar-refractivity contribution in [3.63, 3.8) is 0 Å². The van der Waals surface area contributed by atoms with Crippen molar-refractivity contribution < 1.29 is 38.7 Å². The molecule has 2 aliphatic heterocycles. The topological polar surface area (TPSA) is 160 Å². The van der Waals surface area contributed by atoms with Crippen LogP contribution in [0.3, 0.4) is 0 Å². The van der Waals surface area contributed by atoms with E-state index in [-0.39, 0.29) is 46.5 Å². The molecule has 8 unspecified atom stereocenters. The van der Waals surface area contributed by atoms with E-state index >= 15 is 4.79 Å². The molecule has 0 aromatic heterocycles. The van der Waals surface area contributed by atoms with E-state index in [2.05, 4.69) is 58.1 Å². The summed E-state index contributed by atoms with van der Waals surface area (Å²) in [7, 11) is 10.3. The van der Waals surface area contributed by atoms with Crippen molar-refractivity contribution in [3.05, 3.63) is 53.6 Å². The van der Waals surface area contributed by atoms with Crippen LogP contribution in [0.15, 0.2) is 47.5 Å². The van der Waals surface area contributed by atoms with Crippen LogP contribution >= 0.6 is 21.6 Å². The number of aliphatic imine (C=N–C) groups is 1. The van der Waals surface area contributed by atoms with Crippen LogP contribution in [-0.4, -0.2) is 86.6 Å². The van der Waals surface area contributed by atoms with Crippen molar-refractivity contribution in [3.8, 4) is 35.0 Å². The molecule has 5 aliphatic rings. The number of nitrogens with zero attached hydrogens (tertiary/aromatic N) is 1. The SMILES string of the molecule is CCC(CC=O)CCC1C=CC(=O)C2(Cc3ccc(O)c(OC)c3)CCCC2CSSCNC(=NC)Nc2cc(cc3c2OC#CCC2CC(CNC)(CC2CC(O)OC)O3)C12CCCC2. The molecule has 8 atom stereocenters. The fourth-order valence-corrected chi connectivity index (χ4v) is 14.4. The molecular weight excluding hydrogens is 873 g/mol. The Morgan fingerprint density at radius 1 is 1.12 bits per heavy atom. The van der Waals surface area contributed by atoms with Crippen LogP contribution in [0.4, 0.5) is 5.69 Å². The zero-order valence-electron chi connectivity index (χ0n) is 39.6. The molecule has 2 aromatic rings. The number of ketones is 1. The van der Waals surface area contributed by atoms with E-state index in [0.29, 0.717) is 73.4 Å². The van der Waals surface area contributed by atoms with Crippen molar-refractivity contribution in [1.29, 1.82) is 0 Å². The Hall–Kier alpha value is -3.87. The maximum absolute atomic E-state index is 15.4. The van der Waals surface area contributed by atoms with Crippen molar-refractivity contribution in [2.75, 3.05) is 51.8 Å². The van der Waals surface area contributed by atoms with Gasteiger partial charge in [-0.05, 0) is 136 Å². The summed E-state index contributed by atoms with van der Waals surface area (Å²) in [5.74, 6) is 7.69. The number of allylic oxidation sites excluding steroid dienone is 2. The number of benzene rings is 2. The molecule has 2 aromatic carbocycles. The number of nitrogens with one attached hydrogen (secondary N) is 3.